The molecule has 2 aliphatic rings. The Morgan fingerprint density at radius 1 is 1.15 bits per heavy atom. The normalized spacial score (nSPS) is 18.0. The van der Waals surface area contributed by atoms with Crippen LogP contribution in [0.15, 0.2) is 29.3 Å². The zero-order chi connectivity index (χ0) is 23.5. The van der Waals surface area contributed by atoms with Crippen LogP contribution in [0, 0.1) is 5.41 Å². The number of imidazole rings is 1. The van der Waals surface area contributed by atoms with E-state index in [1.807, 2.05) is 9.80 Å². The molecule has 0 saturated carbocycles. The Bertz CT molecular complexity index is 1260. The molecule has 0 aromatic carbocycles. The molecule has 3 aromatic rings. The minimum absolute atomic E-state index is 0.126. The van der Waals surface area contributed by atoms with E-state index in [0.717, 1.165) is 23.3 Å². The standard InChI is InChI=1S/C20H20F5N7O/c1-29-13-7-27-17(28-16(13)32(18(29)33)8-15(21)22)30-5-3-19(9-30)10-31(11-19)12-2-4-26-14(6-12)20(23,24)25/h2,4,6-7,15H,3,5,8-11H2,1H3. The average molecular weight is 469 g/mol. The Kier molecular flexibility index (Phi) is 4.83. The minimum atomic E-state index is -4.50. The summed E-state index contributed by atoms with van der Waals surface area (Å²) in [7, 11) is 1.48. The first kappa shape index (κ1) is 21.6. The molecule has 2 aliphatic heterocycles. The molecular formula is C20H20F5N7O. The van der Waals surface area contributed by atoms with E-state index in [4.69, 9.17) is 0 Å². The number of alkyl halides is 5. The van der Waals surface area contributed by atoms with Gasteiger partial charge in [0.25, 0.3) is 6.43 Å². The van der Waals surface area contributed by atoms with Gasteiger partial charge >= 0.3 is 11.9 Å². The van der Waals surface area contributed by atoms with Gasteiger partial charge in [0.2, 0.25) is 5.95 Å². The Balaban J connectivity index is 1.34. The lowest BCUT2D eigenvalue weighted by atomic mass is 9.79. The molecule has 0 radical (unpaired) electrons. The highest BCUT2D eigenvalue weighted by Gasteiger charge is 2.48. The summed E-state index contributed by atoms with van der Waals surface area (Å²) in [5.74, 6) is 0.342. The SMILES string of the molecule is Cn1c(=O)n(CC(F)F)c2nc(N3CCC4(CN(c5ccnc(C(F)(F)F)c5)C4)C3)ncc21. The zero-order valence-electron chi connectivity index (χ0n) is 17.6. The fourth-order valence-corrected chi connectivity index (χ4v) is 4.70. The predicted molar refractivity (Wildman–Crippen MR) is 109 cm³/mol. The number of anilines is 2. The molecule has 2 saturated heterocycles. The van der Waals surface area contributed by atoms with E-state index >= 15 is 0 Å². The van der Waals surface area contributed by atoms with E-state index in [2.05, 4.69) is 15.0 Å². The average Bonchev–Trinajstić information content (AvgIpc) is 3.28. The van der Waals surface area contributed by atoms with Crippen LogP contribution in [0.1, 0.15) is 12.1 Å². The second-order valence-electron chi connectivity index (χ2n) is 8.65. The van der Waals surface area contributed by atoms with Crippen molar-refractivity contribution in [3.05, 3.63) is 40.7 Å². The van der Waals surface area contributed by atoms with Crippen molar-refractivity contribution in [1.29, 1.82) is 0 Å². The van der Waals surface area contributed by atoms with Crippen molar-refractivity contribution >= 4 is 22.8 Å². The molecule has 13 heteroatoms. The maximum atomic E-state index is 13.0. The van der Waals surface area contributed by atoms with Crippen molar-refractivity contribution < 1.29 is 22.0 Å². The van der Waals surface area contributed by atoms with Gasteiger partial charge in [-0.3, -0.25) is 14.1 Å². The van der Waals surface area contributed by atoms with E-state index in [9.17, 15) is 26.7 Å². The summed E-state index contributed by atoms with van der Waals surface area (Å²) in [4.78, 5) is 28.2. The van der Waals surface area contributed by atoms with Gasteiger partial charge in [-0.2, -0.15) is 18.2 Å². The third kappa shape index (κ3) is 3.68. The first-order valence-electron chi connectivity index (χ1n) is 10.3. The third-order valence-electron chi connectivity index (χ3n) is 6.37. The number of pyridine rings is 1. The number of hydrogen-bond donors (Lipinski definition) is 0. The summed E-state index contributed by atoms with van der Waals surface area (Å²) < 4.78 is 67.0. The molecule has 0 unspecified atom stereocenters. The number of fused-ring (bicyclic) bond motifs is 1. The first-order valence-corrected chi connectivity index (χ1v) is 10.3. The lowest BCUT2D eigenvalue weighted by Gasteiger charge is -2.49. The lowest BCUT2D eigenvalue weighted by molar-refractivity contribution is -0.141. The minimum Gasteiger partial charge on any atom is -0.370 e. The number of rotatable bonds is 4. The maximum absolute atomic E-state index is 13.0. The van der Waals surface area contributed by atoms with Crippen molar-refractivity contribution in [3.63, 3.8) is 0 Å². The summed E-state index contributed by atoms with van der Waals surface area (Å²) in [6, 6.07) is 2.61. The number of nitrogens with zero attached hydrogens (tertiary/aromatic N) is 7. The second-order valence-corrected chi connectivity index (χ2v) is 8.65. The van der Waals surface area contributed by atoms with Crippen LogP contribution in [-0.4, -0.2) is 56.7 Å². The summed E-state index contributed by atoms with van der Waals surface area (Å²) in [5.41, 5.74) is -0.640. The monoisotopic (exact) mass is 469 g/mol. The summed E-state index contributed by atoms with van der Waals surface area (Å²) >= 11 is 0. The van der Waals surface area contributed by atoms with Crippen molar-refractivity contribution in [3.8, 4) is 0 Å². The Morgan fingerprint density at radius 2 is 1.88 bits per heavy atom. The maximum Gasteiger partial charge on any atom is 0.433 e. The summed E-state index contributed by atoms with van der Waals surface area (Å²) in [5, 5.41) is 0. The van der Waals surface area contributed by atoms with Gasteiger partial charge in [0, 0.05) is 50.5 Å². The zero-order valence-corrected chi connectivity index (χ0v) is 17.6. The van der Waals surface area contributed by atoms with Gasteiger partial charge < -0.3 is 9.80 Å². The van der Waals surface area contributed by atoms with E-state index in [-0.39, 0.29) is 11.1 Å². The predicted octanol–water partition coefficient (Wildman–Crippen LogP) is 2.53. The van der Waals surface area contributed by atoms with Gasteiger partial charge in [0.15, 0.2) is 5.65 Å². The van der Waals surface area contributed by atoms with E-state index in [0.29, 0.717) is 43.3 Å². The number of halogens is 5. The second kappa shape index (κ2) is 7.39. The van der Waals surface area contributed by atoms with Gasteiger partial charge in [-0.1, -0.05) is 0 Å². The van der Waals surface area contributed by atoms with Gasteiger partial charge in [-0.15, -0.1) is 0 Å². The molecule has 0 atom stereocenters. The Labute approximate surface area is 184 Å². The van der Waals surface area contributed by atoms with Gasteiger partial charge in [-0.25, -0.2) is 18.6 Å². The van der Waals surface area contributed by atoms with Crippen LogP contribution in [0.2, 0.25) is 0 Å². The van der Waals surface area contributed by atoms with Crippen LogP contribution in [-0.2, 0) is 19.8 Å². The van der Waals surface area contributed by atoms with Crippen LogP contribution in [0.4, 0.5) is 33.6 Å². The fraction of sp³-hybridized carbons (Fsp3) is 0.500. The largest absolute Gasteiger partial charge is 0.433 e. The first-order chi connectivity index (χ1) is 15.6. The van der Waals surface area contributed by atoms with Gasteiger partial charge in [-0.05, 0) is 18.6 Å². The fourth-order valence-electron chi connectivity index (χ4n) is 4.70. The third-order valence-corrected chi connectivity index (χ3v) is 6.37. The Hall–Kier alpha value is -3.25. The van der Waals surface area contributed by atoms with E-state index in [1.165, 1.54) is 17.8 Å². The van der Waals surface area contributed by atoms with Gasteiger partial charge in [0.05, 0.1) is 12.7 Å². The molecule has 0 amide bonds. The smallest absolute Gasteiger partial charge is 0.370 e. The topological polar surface area (TPSA) is 72.1 Å². The molecule has 8 nitrogen and oxygen atoms in total. The van der Waals surface area contributed by atoms with Crippen molar-refractivity contribution in [2.75, 3.05) is 36.0 Å². The molecule has 1 spiro atoms. The summed E-state index contributed by atoms with van der Waals surface area (Å²) in [6.45, 7) is 1.61. The molecule has 0 aliphatic carbocycles. The van der Waals surface area contributed by atoms with Crippen LogP contribution in [0.25, 0.3) is 11.2 Å². The quantitative estimate of drug-likeness (QED) is 0.547. The number of aromatic nitrogens is 5. The lowest BCUT2D eigenvalue weighted by Crippen LogP contribution is -2.57. The molecule has 33 heavy (non-hydrogen) atoms. The molecule has 0 bridgehead atoms. The molecule has 3 aromatic heterocycles. The number of hydrogen-bond acceptors (Lipinski definition) is 6. The molecule has 2 fully saturated rings. The number of aryl methyl sites for hydroxylation is 1. The van der Waals surface area contributed by atoms with Crippen molar-refractivity contribution in [1.82, 2.24) is 24.1 Å². The van der Waals surface area contributed by atoms with Crippen LogP contribution >= 0.6 is 0 Å². The van der Waals surface area contributed by atoms with E-state index < -0.39 is 30.5 Å². The van der Waals surface area contributed by atoms with E-state index in [1.54, 1.807) is 6.07 Å². The van der Waals surface area contributed by atoms with Crippen LogP contribution in [0.5, 0.6) is 0 Å². The highest BCUT2D eigenvalue weighted by molar-refractivity contribution is 5.72. The van der Waals surface area contributed by atoms with Crippen molar-refractivity contribution in [2.24, 2.45) is 12.5 Å². The molecular weight excluding hydrogens is 449 g/mol. The molecule has 176 valence electrons. The molecule has 5 heterocycles. The Morgan fingerprint density at radius 3 is 2.58 bits per heavy atom. The highest BCUT2D eigenvalue weighted by Crippen LogP contribution is 2.43. The van der Waals surface area contributed by atoms with Crippen LogP contribution < -0.4 is 15.5 Å². The van der Waals surface area contributed by atoms with Crippen LogP contribution in [0.3, 0.4) is 0 Å². The highest BCUT2D eigenvalue weighted by atomic mass is 19.4. The summed E-state index contributed by atoms with van der Waals surface area (Å²) in [6.07, 6.45) is -3.79. The van der Waals surface area contributed by atoms with Gasteiger partial charge in [0.1, 0.15) is 11.2 Å². The molecule has 5 rings (SSSR count). The van der Waals surface area contributed by atoms with Crippen molar-refractivity contribution in [2.45, 2.75) is 25.6 Å². The molecule has 0 N–H and O–H groups in total.